The predicted octanol–water partition coefficient (Wildman–Crippen LogP) is -10.7. The maximum Gasteiger partial charge on any atom is 2.00 e. The number of hydrogen-bond donors (Lipinski definition) is 0. The van der Waals surface area contributed by atoms with Crippen LogP contribution in [0, 0.1) is 0 Å². The Morgan fingerprint density at radius 2 is 0.429 bits per heavy atom. The summed E-state index contributed by atoms with van der Waals surface area (Å²) in [7, 11) is -11.2. The normalized spacial score (nSPS) is 8.57. The zero-order valence-corrected chi connectivity index (χ0v) is 12.8. The summed E-state index contributed by atoms with van der Waals surface area (Å²) in [4.78, 5) is 68.6. The second-order valence-corrected chi connectivity index (χ2v) is 3.00. The maximum absolute atomic E-state index is 8.58. The molecular weight excluding hydrogens is 376 g/mol. The van der Waals surface area contributed by atoms with E-state index in [9.17, 15) is 0 Å². The molecule has 0 aromatic heterocycles. The van der Waals surface area contributed by atoms with Crippen molar-refractivity contribution in [2.45, 2.75) is 0 Å². The summed E-state index contributed by atoms with van der Waals surface area (Å²) in [5, 5.41) is 0. The summed E-state index contributed by atoms with van der Waals surface area (Å²) in [6, 6.07) is 0. The largest absolute Gasteiger partial charge is 2.00 e. The average molecular weight is 376 g/mol. The van der Waals surface area contributed by atoms with Crippen molar-refractivity contribution in [3.05, 3.63) is 0 Å². The van der Waals surface area contributed by atoms with E-state index in [0.717, 1.165) is 0 Å². The molecule has 0 amide bonds. The average Bonchev–Trinajstić information content (AvgIpc) is 1.12. The Hall–Kier alpha value is 2.44. The van der Waals surface area contributed by atoms with Crippen LogP contribution < -0.4 is 38.4 Å². The van der Waals surface area contributed by atoms with Gasteiger partial charge in [0.2, 0.25) is 0 Å². The molecule has 0 saturated heterocycles. The molecule has 0 aromatic carbocycles. The molecule has 0 saturated carbocycles. The molecule has 0 spiro atoms. The third-order valence-electron chi connectivity index (χ3n) is 0. The Morgan fingerprint density at radius 1 is 0.429 bits per heavy atom. The van der Waals surface area contributed by atoms with E-state index in [1.807, 2.05) is 0 Å². The van der Waals surface area contributed by atoms with Gasteiger partial charge in [-0.25, -0.2) is 0 Å². The second kappa shape index (κ2) is 15.4. The van der Waals surface area contributed by atoms with Crippen molar-refractivity contribution in [1.29, 1.82) is 0 Å². The number of rotatable bonds is 0. The van der Waals surface area contributed by atoms with Gasteiger partial charge in [0.25, 0.3) is 0 Å². The van der Waals surface area contributed by atoms with Gasteiger partial charge >= 0.3 is 74.3 Å². The van der Waals surface area contributed by atoms with Gasteiger partial charge in [-0.3, -0.25) is 0 Å². The molecule has 0 aliphatic rings. The van der Waals surface area contributed by atoms with Crippen LogP contribution in [0.25, 0.3) is 0 Å². The van der Waals surface area contributed by atoms with E-state index in [0.29, 0.717) is 0 Å². The second-order valence-electron chi connectivity index (χ2n) is 1.00. The van der Waals surface area contributed by atoms with Gasteiger partial charge in [-0.15, -0.1) is 0 Å². The van der Waals surface area contributed by atoms with E-state index in [4.69, 9.17) is 38.4 Å². The molecule has 0 unspecified atom stereocenters. The van der Waals surface area contributed by atoms with Crippen molar-refractivity contribution >= 4 is 41.1 Å². The molecule has 14 heteroatoms. The molecule has 82 valence electrons. The molecule has 0 atom stereocenters. The monoisotopic (exact) mass is 376 g/mol. The quantitative estimate of drug-likeness (QED) is 0.373. The first-order valence-corrected chi connectivity index (χ1v) is 4.90. The molecule has 0 fully saturated rings. The van der Waals surface area contributed by atoms with Crippen molar-refractivity contribution in [1.82, 2.24) is 0 Å². The summed E-state index contributed by atoms with van der Waals surface area (Å²) >= 11 is 0. The fourth-order valence-corrected chi connectivity index (χ4v) is 0. The van der Waals surface area contributed by atoms with Crippen molar-refractivity contribution in [3.8, 4) is 0 Å². The Morgan fingerprint density at radius 3 is 0.429 bits per heavy atom. The van der Waals surface area contributed by atoms with E-state index in [1.54, 1.807) is 0 Å². The Bertz CT molecular complexity index is 65.6. The van der Waals surface area contributed by atoms with Gasteiger partial charge in [0.05, 0.1) is 0 Å². The molecular formula is Fe3MgO8Si2. The van der Waals surface area contributed by atoms with E-state index in [2.05, 4.69) is 0 Å². The van der Waals surface area contributed by atoms with Crippen LogP contribution in [0.3, 0.4) is 0 Å². The van der Waals surface area contributed by atoms with Crippen LogP contribution >= 0.6 is 0 Å². The van der Waals surface area contributed by atoms with E-state index in [-0.39, 0.29) is 74.3 Å². The fraction of sp³-hybridized carbons (Fsp3) is 0. The van der Waals surface area contributed by atoms with Crippen molar-refractivity contribution in [2.24, 2.45) is 0 Å². The standard InChI is InChI=1S/3Fe.Mg.2O4Si/c;;;;2*1-5(2,3)4/q4*+2;2*-4. The topological polar surface area (TPSA) is 184 Å². The Balaban J connectivity index is -0.0000000178. The van der Waals surface area contributed by atoms with E-state index < -0.39 is 18.1 Å². The van der Waals surface area contributed by atoms with E-state index >= 15 is 0 Å². The van der Waals surface area contributed by atoms with Gasteiger partial charge in [-0.2, -0.15) is 0 Å². The third-order valence-corrected chi connectivity index (χ3v) is 0. The summed E-state index contributed by atoms with van der Waals surface area (Å²) in [6.45, 7) is 0. The SMILES string of the molecule is [Fe+2].[Fe+2].[Fe+2].[Mg+2].[O-][Si]([O-])([O-])[O-].[O-][Si]([O-])([O-])[O-]. The van der Waals surface area contributed by atoms with Crippen LogP contribution in [0.5, 0.6) is 0 Å². The molecule has 0 heterocycles. The predicted molar refractivity (Wildman–Crippen MR) is 17.3 cm³/mol. The summed E-state index contributed by atoms with van der Waals surface area (Å²) in [5.74, 6) is 0. The first-order chi connectivity index (χ1) is 4.00. The molecule has 0 bridgehead atoms. The minimum Gasteiger partial charge on any atom is -0.894 e. The first-order valence-electron chi connectivity index (χ1n) is 1.63. The van der Waals surface area contributed by atoms with Crippen LogP contribution in [-0.2, 0) is 51.2 Å². The Labute approximate surface area is 130 Å². The van der Waals surface area contributed by atoms with Crippen LogP contribution in [0.1, 0.15) is 0 Å². The number of hydrogen-bond acceptors (Lipinski definition) is 8. The van der Waals surface area contributed by atoms with E-state index in [1.165, 1.54) is 0 Å². The smallest absolute Gasteiger partial charge is 0.894 e. The summed E-state index contributed by atoms with van der Waals surface area (Å²) in [6.07, 6.45) is 0. The molecule has 0 rings (SSSR count). The minimum atomic E-state index is -5.61. The van der Waals surface area contributed by atoms with Gasteiger partial charge in [-0.05, 0) is 0 Å². The van der Waals surface area contributed by atoms with Crippen LogP contribution in [0.4, 0.5) is 0 Å². The van der Waals surface area contributed by atoms with Gasteiger partial charge in [0.1, 0.15) is 0 Å². The van der Waals surface area contributed by atoms with Crippen LogP contribution in [0.2, 0.25) is 0 Å². The molecule has 0 aromatic rings. The van der Waals surface area contributed by atoms with Crippen molar-refractivity contribution in [3.63, 3.8) is 0 Å². The molecule has 0 aliphatic heterocycles. The van der Waals surface area contributed by atoms with Gasteiger partial charge in [-0.1, -0.05) is 0 Å². The maximum atomic E-state index is 8.58. The third kappa shape index (κ3) is 439. The zero-order chi connectivity index (χ0) is 9.00. The van der Waals surface area contributed by atoms with Crippen molar-refractivity contribution < 1.29 is 89.6 Å². The van der Waals surface area contributed by atoms with Crippen molar-refractivity contribution in [2.75, 3.05) is 0 Å². The zero-order valence-electron chi connectivity index (χ0n) is 6.03. The van der Waals surface area contributed by atoms with Gasteiger partial charge in [0, 0.05) is 0 Å². The molecule has 8 nitrogen and oxygen atoms in total. The molecule has 0 N–H and O–H groups in total. The molecule has 0 aliphatic carbocycles. The fourth-order valence-electron chi connectivity index (χ4n) is 0. The van der Waals surface area contributed by atoms with Gasteiger partial charge < -0.3 is 56.5 Å². The first kappa shape index (κ1) is 36.0. The minimum absolute atomic E-state index is 0. The molecule has 0 radical (unpaired) electrons. The van der Waals surface area contributed by atoms with Crippen LogP contribution in [-0.4, -0.2) is 41.1 Å². The summed E-state index contributed by atoms with van der Waals surface area (Å²) in [5.41, 5.74) is 0. The van der Waals surface area contributed by atoms with Gasteiger partial charge in [0.15, 0.2) is 0 Å². The summed E-state index contributed by atoms with van der Waals surface area (Å²) < 4.78 is 0. The Kier molecular flexibility index (Phi) is 39.7. The van der Waals surface area contributed by atoms with Crippen LogP contribution in [0.15, 0.2) is 0 Å². The molecule has 14 heavy (non-hydrogen) atoms.